The van der Waals surface area contributed by atoms with Gasteiger partial charge in [-0.15, -0.1) is 0 Å². The molecule has 0 spiro atoms. The molecule has 0 fully saturated rings. The smallest absolute Gasteiger partial charge is 0.287 e. The maximum atomic E-state index is 12.0. The van der Waals surface area contributed by atoms with Crippen LogP contribution < -0.4 is 16.1 Å². The van der Waals surface area contributed by atoms with Gasteiger partial charge in [-0.25, -0.2) is 0 Å². The van der Waals surface area contributed by atoms with Gasteiger partial charge in [-0.05, 0) is 12.8 Å². The van der Waals surface area contributed by atoms with Gasteiger partial charge in [0.25, 0.3) is 11.8 Å². The van der Waals surface area contributed by atoms with Crippen molar-refractivity contribution in [1.82, 2.24) is 10.6 Å². The Morgan fingerprint density at radius 3 is 1.70 bits per heavy atom. The first-order chi connectivity index (χ1) is 11.1. The Morgan fingerprint density at radius 1 is 0.870 bits per heavy atom. The molecule has 0 aliphatic heterocycles. The van der Waals surface area contributed by atoms with E-state index in [2.05, 4.69) is 24.5 Å². The highest BCUT2D eigenvalue weighted by atomic mass is 16.4. The molecule has 0 atom stereocenters. The molecule has 2 amide bonds. The molecule has 0 aromatic carbocycles. The Labute approximate surface area is 136 Å². The Hall–Kier alpha value is -2.11. The van der Waals surface area contributed by atoms with Gasteiger partial charge < -0.3 is 15.1 Å². The fourth-order valence-corrected chi connectivity index (χ4v) is 2.03. The standard InChI is InChI=1S/C17H26N2O4/c1-3-5-7-9-18-16(21)14-11-13(20)12-15(23-14)17(22)19-10-8-6-4-2/h11-12H,3-10H2,1-2H3,(H,18,21)(H,19,22). The highest BCUT2D eigenvalue weighted by Crippen LogP contribution is 2.03. The summed E-state index contributed by atoms with van der Waals surface area (Å²) in [5.41, 5.74) is -0.423. The molecule has 1 heterocycles. The van der Waals surface area contributed by atoms with Gasteiger partial charge in [0.2, 0.25) is 0 Å². The summed E-state index contributed by atoms with van der Waals surface area (Å²) in [6.07, 6.45) is 5.88. The molecule has 0 unspecified atom stereocenters. The number of carbonyl (C=O) groups excluding carboxylic acids is 2. The minimum Gasteiger partial charge on any atom is -0.445 e. The molecule has 2 N–H and O–H groups in total. The molecule has 1 aromatic rings. The molecule has 0 aliphatic carbocycles. The zero-order valence-electron chi connectivity index (χ0n) is 13.9. The third-order valence-corrected chi connectivity index (χ3v) is 3.35. The number of carbonyl (C=O) groups is 2. The largest absolute Gasteiger partial charge is 0.445 e. The molecular formula is C17H26N2O4. The Kier molecular flexibility index (Phi) is 8.72. The van der Waals surface area contributed by atoms with E-state index in [-0.39, 0.29) is 11.5 Å². The molecule has 6 nitrogen and oxygen atoms in total. The molecule has 0 aliphatic rings. The van der Waals surface area contributed by atoms with E-state index in [0.717, 1.165) is 50.7 Å². The summed E-state index contributed by atoms with van der Waals surface area (Å²) >= 11 is 0. The monoisotopic (exact) mass is 322 g/mol. The van der Waals surface area contributed by atoms with Gasteiger partial charge >= 0.3 is 0 Å². The van der Waals surface area contributed by atoms with Crippen LogP contribution >= 0.6 is 0 Å². The second-order valence-electron chi connectivity index (χ2n) is 5.45. The molecule has 0 saturated carbocycles. The first kappa shape index (κ1) is 18.9. The van der Waals surface area contributed by atoms with Crippen LogP contribution in [0.3, 0.4) is 0 Å². The third-order valence-electron chi connectivity index (χ3n) is 3.35. The number of amides is 2. The van der Waals surface area contributed by atoms with Gasteiger partial charge in [0.1, 0.15) is 0 Å². The number of hydrogen-bond donors (Lipinski definition) is 2. The van der Waals surface area contributed by atoms with Gasteiger partial charge in [-0.1, -0.05) is 39.5 Å². The number of unbranched alkanes of at least 4 members (excludes halogenated alkanes) is 4. The lowest BCUT2D eigenvalue weighted by Gasteiger charge is -2.07. The van der Waals surface area contributed by atoms with Crippen molar-refractivity contribution < 1.29 is 14.0 Å². The van der Waals surface area contributed by atoms with Crippen molar-refractivity contribution in [1.29, 1.82) is 0 Å². The predicted octanol–water partition coefficient (Wildman–Crippen LogP) is 2.48. The molecule has 0 radical (unpaired) electrons. The SMILES string of the molecule is CCCCCNC(=O)c1cc(=O)cc(C(=O)NCCCCC)o1. The van der Waals surface area contributed by atoms with E-state index in [0.29, 0.717) is 13.1 Å². The van der Waals surface area contributed by atoms with Crippen LogP contribution in [0.15, 0.2) is 21.3 Å². The second-order valence-corrected chi connectivity index (χ2v) is 5.45. The topological polar surface area (TPSA) is 88.4 Å². The Morgan fingerprint density at radius 2 is 1.30 bits per heavy atom. The maximum Gasteiger partial charge on any atom is 0.287 e. The summed E-state index contributed by atoms with van der Waals surface area (Å²) in [6.45, 7) is 5.18. The second kappa shape index (κ2) is 10.6. The van der Waals surface area contributed by atoms with Gasteiger partial charge in [0.15, 0.2) is 16.9 Å². The van der Waals surface area contributed by atoms with E-state index in [9.17, 15) is 14.4 Å². The lowest BCUT2D eigenvalue weighted by Crippen LogP contribution is -2.28. The van der Waals surface area contributed by atoms with Crippen LogP contribution in [0.2, 0.25) is 0 Å². The number of rotatable bonds is 10. The molecule has 6 heteroatoms. The summed E-state index contributed by atoms with van der Waals surface area (Å²) in [5, 5.41) is 5.37. The predicted molar refractivity (Wildman–Crippen MR) is 88.7 cm³/mol. The lowest BCUT2D eigenvalue weighted by atomic mass is 10.2. The molecular weight excluding hydrogens is 296 g/mol. The van der Waals surface area contributed by atoms with Crippen molar-refractivity contribution in [2.75, 3.05) is 13.1 Å². The van der Waals surface area contributed by atoms with Crippen molar-refractivity contribution in [3.63, 3.8) is 0 Å². The van der Waals surface area contributed by atoms with Gasteiger partial charge in [0, 0.05) is 25.2 Å². The van der Waals surface area contributed by atoms with E-state index < -0.39 is 17.2 Å². The summed E-state index contributed by atoms with van der Waals surface area (Å²) in [4.78, 5) is 35.6. The lowest BCUT2D eigenvalue weighted by molar-refractivity contribution is 0.0893. The average Bonchev–Trinajstić information content (AvgIpc) is 2.54. The van der Waals surface area contributed by atoms with Crippen LogP contribution in [0.1, 0.15) is 73.5 Å². The van der Waals surface area contributed by atoms with Crippen molar-refractivity contribution in [3.05, 3.63) is 33.9 Å². The molecule has 1 rings (SSSR count). The highest BCUT2D eigenvalue weighted by molar-refractivity contribution is 5.94. The summed E-state index contributed by atoms with van der Waals surface area (Å²) in [5.74, 6) is -1.21. The third kappa shape index (κ3) is 7.13. The summed E-state index contributed by atoms with van der Waals surface area (Å²) < 4.78 is 5.27. The van der Waals surface area contributed by atoms with Crippen molar-refractivity contribution in [3.8, 4) is 0 Å². The van der Waals surface area contributed by atoms with Crippen LogP contribution in [0, 0.1) is 0 Å². The van der Waals surface area contributed by atoms with E-state index >= 15 is 0 Å². The maximum absolute atomic E-state index is 12.0. The molecule has 1 aromatic heterocycles. The fourth-order valence-electron chi connectivity index (χ4n) is 2.03. The van der Waals surface area contributed by atoms with Gasteiger partial charge in [0.05, 0.1) is 0 Å². The fraction of sp³-hybridized carbons (Fsp3) is 0.588. The van der Waals surface area contributed by atoms with Crippen molar-refractivity contribution in [2.24, 2.45) is 0 Å². The first-order valence-corrected chi connectivity index (χ1v) is 8.30. The van der Waals surface area contributed by atoms with E-state index in [1.54, 1.807) is 0 Å². The van der Waals surface area contributed by atoms with E-state index in [4.69, 9.17) is 4.42 Å². The number of nitrogens with one attached hydrogen (secondary N) is 2. The van der Waals surface area contributed by atoms with Crippen molar-refractivity contribution in [2.45, 2.75) is 52.4 Å². The van der Waals surface area contributed by atoms with E-state index in [1.807, 2.05) is 0 Å². The minimum absolute atomic E-state index is 0.132. The van der Waals surface area contributed by atoms with Crippen LogP contribution in [0.25, 0.3) is 0 Å². The highest BCUT2D eigenvalue weighted by Gasteiger charge is 2.15. The van der Waals surface area contributed by atoms with Crippen LogP contribution in [-0.4, -0.2) is 24.9 Å². The normalized spacial score (nSPS) is 10.3. The van der Waals surface area contributed by atoms with Crippen LogP contribution in [0.4, 0.5) is 0 Å². The zero-order valence-corrected chi connectivity index (χ0v) is 13.9. The summed E-state index contributed by atoms with van der Waals surface area (Å²) in [7, 11) is 0. The van der Waals surface area contributed by atoms with Crippen LogP contribution in [0.5, 0.6) is 0 Å². The quantitative estimate of drug-likeness (QED) is 0.648. The molecule has 0 bridgehead atoms. The summed E-state index contributed by atoms with van der Waals surface area (Å²) in [6, 6.07) is 2.20. The van der Waals surface area contributed by atoms with Gasteiger partial charge in [-0.2, -0.15) is 0 Å². The number of hydrogen-bond acceptors (Lipinski definition) is 4. The molecule has 23 heavy (non-hydrogen) atoms. The average molecular weight is 322 g/mol. The molecule has 128 valence electrons. The first-order valence-electron chi connectivity index (χ1n) is 8.30. The zero-order chi connectivity index (χ0) is 17.1. The van der Waals surface area contributed by atoms with Gasteiger partial charge in [-0.3, -0.25) is 14.4 Å². The Balaban J connectivity index is 2.65. The van der Waals surface area contributed by atoms with Crippen molar-refractivity contribution >= 4 is 11.8 Å². The minimum atomic E-state index is -0.473. The van der Waals surface area contributed by atoms with E-state index in [1.165, 1.54) is 0 Å². The Bertz CT molecular complexity index is 521. The molecule has 0 saturated heterocycles. The van der Waals surface area contributed by atoms with Crippen LogP contribution in [-0.2, 0) is 0 Å².